The molecule has 3 rings (SSSR count). The van der Waals surface area contributed by atoms with Crippen LogP contribution in [0.3, 0.4) is 0 Å². The van der Waals surface area contributed by atoms with Crippen molar-refractivity contribution in [3.05, 3.63) is 77.7 Å². The molecule has 1 aromatic heterocycles. The molecule has 0 spiro atoms. The quantitative estimate of drug-likeness (QED) is 0.421. The molecule has 0 aliphatic rings. The monoisotopic (exact) mass is 309 g/mol. The van der Waals surface area contributed by atoms with E-state index in [4.69, 9.17) is 4.74 Å². The van der Waals surface area contributed by atoms with Crippen LogP contribution in [0.1, 0.15) is 15.9 Å². The summed E-state index contributed by atoms with van der Waals surface area (Å²) in [6.45, 7) is -0.148. The molecule has 0 fully saturated rings. The van der Waals surface area contributed by atoms with E-state index in [1.807, 2.05) is 0 Å². The molecular weight excluding hydrogens is 297 g/mol. The Balaban J connectivity index is 1.78. The molecule has 114 valence electrons. The van der Waals surface area contributed by atoms with Gasteiger partial charge < -0.3 is 4.74 Å². The number of fused-ring (bicyclic) bond motifs is 1. The second-order valence-electron chi connectivity index (χ2n) is 4.88. The minimum absolute atomic E-state index is 0.148. The number of hydrogen-bond acceptors (Lipinski definition) is 4. The van der Waals surface area contributed by atoms with Gasteiger partial charge >= 0.3 is 5.97 Å². The predicted octanol–water partition coefficient (Wildman–Crippen LogP) is 3.30. The summed E-state index contributed by atoms with van der Waals surface area (Å²) < 4.78 is 18.8. The van der Waals surface area contributed by atoms with E-state index in [1.54, 1.807) is 42.5 Å². The Kier molecular flexibility index (Phi) is 4.10. The van der Waals surface area contributed by atoms with Gasteiger partial charge in [0.05, 0.1) is 5.52 Å². The number of carbonyl (C=O) groups is 2. The van der Waals surface area contributed by atoms with Gasteiger partial charge in [0.15, 0.2) is 0 Å². The molecule has 3 aromatic rings. The van der Waals surface area contributed by atoms with Crippen molar-refractivity contribution >= 4 is 22.7 Å². The largest absolute Gasteiger partial charge is 0.455 e. The zero-order chi connectivity index (χ0) is 16.2. The number of aromatic nitrogens is 1. The van der Waals surface area contributed by atoms with Gasteiger partial charge in [-0.25, -0.2) is 9.18 Å². The Labute approximate surface area is 131 Å². The van der Waals surface area contributed by atoms with E-state index < -0.39 is 17.6 Å². The SMILES string of the molecule is O=C(OCc1ccc(F)c2cccnc12)C(=O)c1ccccc1. The minimum atomic E-state index is -0.954. The molecule has 0 unspecified atom stereocenters. The van der Waals surface area contributed by atoms with Crippen molar-refractivity contribution in [3.63, 3.8) is 0 Å². The lowest BCUT2D eigenvalue weighted by Crippen LogP contribution is -2.17. The van der Waals surface area contributed by atoms with Crippen LogP contribution in [0.5, 0.6) is 0 Å². The molecule has 2 aromatic carbocycles. The zero-order valence-electron chi connectivity index (χ0n) is 12.0. The topological polar surface area (TPSA) is 56.3 Å². The highest BCUT2D eigenvalue weighted by Crippen LogP contribution is 2.20. The molecule has 0 saturated heterocycles. The third-order valence-electron chi connectivity index (χ3n) is 3.38. The van der Waals surface area contributed by atoms with Gasteiger partial charge in [0.2, 0.25) is 0 Å². The van der Waals surface area contributed by atoms with Gasteiger partial charge in [-0.05, 0) is 18.2 Å². The van der Waals surface area contributed by atoms with Gasteiger partial charge in [-0.15, -0.1) is 0 Å². The van der Waals surface area contributed by atoms with Crippen LogP contribution in [-0.2, 0) is 16.1 Å². The average Bonchev–Trinajstić information content (AvgIpc) is 2.61. The number of ether oxygens (including phenoxy) is 1. The first-order chi connectivity index (χ1) is 11.2. The summed E-state index contributed by atoms with van der Waals surface area (Å²) in [7, 11) is 0. The van der Waals surface area contributed by atoms with Gasteiger partial charge in [-0.3, -0.25) is 9.78 Å². The van der Waals surface area contributed by atoms with Crippen molar-refractivity contribution in [2.75, 3.05) is 0 Å². The Morgan fingerprint density at radius 2 is 1.78 bits per heavy atom. The number of benzene rings is 2. The summed E-state index contributed by atoms with van der Waals surface area (Å²) in [4.78, 5) is 27.9. The molecule has 0 aliphatic carbocycles. The first kappa shape index (κ1) is 14.8. The van der Waals surface area contributed by atoms with Gasteiger partial charge in [0.1, 0.15) is 12.4 Å². The van der Waals surface area contributed by atoms with Crippen LogP contribution in [0.2, 0.25) is 0 Å². The Morgan fingerprint density at radius 3 is 2.57 bits per heavy atom. The molecule has 0 amide bonds. The predicted molar refractivity (Wildman–Crippen MR) is 82.3 cm³/mol. The molecule has 4 nitrogen and oxygen atoms in total. The van der Waals surface area contributed by atoms with Crippen molar-refractivity contribution in [1.29, 1.82) is 0 Å². The summed E-state index contributed by atoms with van der Waals surface area (Å²) >= 11 is 0. The highest BCUT2D eigenvalue weighted by Gasteiger charge is 2.18. The van der Waals surface area contributed by atoms with Crippen molar-refractivity contribution in [2.24, 2.45) is 0 Å². The van der Waals surface area contributed by atoms with Crippen molar-refractivity contribution in [3.8, 4) is 0 Å². The van der Waals surface area contributed by atoms with E-state index in [9.17, 15) is 14.0 Å². The summed E-state index contributed by atoms with van der Waals surface area (Å²) in [5.41, 5.74) is 1.21. The standard InChI is InChI=1S/C18H12FNO3/c19-15-9-8-13(16-14(15)7-4-10-20-16)11-23-18(22)17(21)12-5-2-1-3-6-12/h1-10H,11H2. The molecule has 0 N–H and O–H groups in total. The summed E-state index contributed by atoms with van der Waals surface area (Å²) in [6.07, 6.45) is 1.53. The summed E-state index contributed by atoms with van der Waals surface area (Å²) in [6, 6.07) is 14.2. The molecule has 0 bridgehead atoms. The molecule has 0 saturated carbocycles. The summed E-state index contributed by atoms with van der Waals surface area (Å²) in [5.74, 6) is -2.07. The lowest BCUT2D eigenvalue weighted by atomic mass is 10.1. The maximum atomic E-state index is 13.7. The van der Waals surface area contributed by atoms with Crippen LogP contribution < -0.4 is 0 Å². The fourth-order valence-electron chi connectivity index (χ4n) is 2.23. The number of Topliss-reactive ketones (excluding diaryl/α,β-unsaturated/α-hetero) is 1. The van der Waals surface area contributed by atoms with Crippen LogP contribution in [0.15, 0.2) is 60.8 Å². The van der Waals surface area contributed by atoms with E-state index in [0.29, 0.717) is 16.5 Å². The Bertz CT molecular complexity index is 878. The number of halogens is 1. The Morgan fingerprint density at radius 1 is 1.00 bits per heavy atom. The first-order valence-electron chi connectivity index (χ1n) is 6.95. The smallest absolute Gasteiger partial charge is 0.380 e. The number of nitrogens with zero attached hydrogens (tertiary/aromatic N) is 1. The number of rotatable bonds is 4. The first-order valence-corrected chi connectivity index (χ1v) is 6.95. The molecule has 23 heavy (non-hydrogen) atoms. The maximum Gasteiger partial charge on any atom is 0.380 e. The third kappa shape index (κ3) is 3.08. The van der Waals surface area contributed by atoms with Crippen molar-refractivity contribution in [2.45, 2.75) is 6.61 Å². The zero-order valence-corrected chi connectivity index (χ0v) is 12.0. The van der Waals surface area contributed by atoms with Gasteiger partial charge in [0, 0.05) is 22.7 Å². The fraction of sp³-hybridized carbons (Fsp3) is 0.0556. The number of esters is 1. The lowest BCUT2D eigenvalue weighted by Gasteiger charge is -2.07. The van der Waals surface area contributed by atoms with E-state index in [1.165, 1.54) is 18.3 Å². The minimum Gasteiger partial charge on any atom is -0.455 e. The van der Waals surface area contributed by atoms with Gasteiger partial charge in [-0.2, -0.15) is 0 Å². The van der Waals surface area contributed by atoms with Crippen LogP contribution in [0, 0.1) is 5.82 Å². The van der Waals surface area contributed by atoms with Crippen molar-refractivity contribution in [1.82, 2.24) is 4.98 Å². The van der Waals surface area contributed by atoms with Crippen LogP contribution >= 0.6 is 0 Å². The molecule has 5 heteroatoms. The van der Waals surface area contributed by atoms with Gasteiger partial charge in [0.25, 0.3) is 5.78 Å². The fourth-order valence-corrected chi connectivity index (χ4v) is 2.23. The molecule has 0 aliphatic heterocycles. The second-order valence-corrected chi connectivity index (χ2v) is 4.88. The molecular formula is C18H12FNO3. The molecule has 1 heterocycles. The van der Waals surface area contributed by atoms with E-state index in [0.717, 1.165) is 0 Å². The van der Waals surface area contributed by atoms with Gasteiger partial charge in [-0.1, -0.05) is 36.4 Å². The van der Waals surface area contributed by atoms with E-state index in [-0.39, 0.29) is 12.2 Å². The average molecular weight is 309 g/mol. The molecule has 0 atom stereocenters. The highest BCUT2D eigenvalue weighted by molar-refractivity contribution is 6.40. The third-order valence-corrected chi connectivity index (χ3v) is 3.38. The van der Waals surface area contributed by atoms with E-state index in [2.05, 4.69) is 4.98 Å². The lowest BCUT2D eigenvalue weighted by molar-refractivity contribution is -0.139. The van der Waals surface area contributed by atoms with Crippen LogP contribution in [-0.4, -0.2) is 16.7 Å². The number of carbonyl (C=O) groups excluding carboxylic acids is 2. The van der Waals surface area contributed by atoms with Crippen LogP contribution in [0.25, 0.3) is 10.9 Å². The molecule has 0 radical (unpaired) electrons. The number of pyridine rings is 1. The van der Waals surface area contributed by atoms with Crippen molar-refractivity contribution < 1.29 is 18.7 Å². The maximum absolute atomic E-state index is 13.7. The number of hydrogen-bond donors (Lipinski definition) is 0. The van der Waals surface area contributed by atoms with E-state index >= 15 is 0 Å². The van der Waals surface area contributed by atoms with Crippen LogP contribution in [0.4, 0.5) is 4.39 Å². The number of ketones is 1. The summed E-state index contributed by atoms with van der Waals surface area (Å²) in [5, 5.41) is 0.343. The highest BCUT2D eigenvalue weighted by atomic mass is 19.1. The normalized spacial score (nSPS) is 10.5. The Hall–Kier alpha value is -3.08. The second kappa shape index (κ2) is 6.36.